The second-order valence-electron chi connectivity index (χ2n) is 7.88. The van der Waals surface area contributed by atoms with Crippen LogP contribution in [0.2, 0.25) is 0 Å². The fraction of sp³-hybridized carbons (Fsp3) is 0.231. The molecule has 3 aromatic carbocycles. The summed E-state index contributed by atoms with van der Waals surface area (Å²) in [6.45, 7) is 6.06. The zero-order chi connectivity index (χ0) is 24.7. The van der Waals surface area contributed by atoms with Gasteiger partial charge in [0.1, 0.15) is 5.75 Å². The van der Waals surface area contributed by atoms with Gasteiger partial charge >= 0.3 is 0 Å². The van der Waals surface area contributed by atoms with E-state index in [4.69, 9.17) is 4.74 Å². The Hall–Kier alpha value is -3.65. The fourth-order valence-electron chi connectivity index (χ4n) is 3.31. The maximum absolute atomic E-state index is 12.8. The fourth-order valence-corrected chi connectivity index (χ4v) is 4.39. The Morgan fingerprint density at radius 2 is 1.65 bits per heavy atom. The number of anilines is 2. The first-order valence-electron chi connectivity index (χ1n) is 10.9. The van der Waals surface area contributed by atoms with E-state index in [1.54, 1.807) is 55.5 Å². The molecule has 178 valence electrons. The standard InChI is InChI=1S/C26H28N2O5S/c1-4-33-22-11-9-20(10-12-22)25(29)14-15-26(30)27-24-17-23(13-8-19(24)3)34(31,32)28-21-7-5-6-18(2)16-21/h5-13,16-17,28H,4,14-15H2,1-3H3,(H,27,30). The second kappa shape index (κ2) is 11.0. The third-order valence-electron chi connectivity index (χ3n) is 5.13. The topological polar surface area (TPSA) is 102 Å². The van der Waals surface area contributed by atoms with Crippen LogP contribution in [0.1, 0.15) is 41.3 Å². The molecule has 7 nitrogen and oxygen atoms in total. The largest absolute Gasteiger partial charge is 0.494 e. The summed E-state index contributed by atoms with van der Waals surface area (Å²) in [5.74, 6) is 0.149. The Morgan fingerprint density at radius 1 is 0.912 bits per heavy atom. The van der Waals surface area contributed by atoms with Gasteiger partial charge in [0.15, 0.2) is 5.78 Å². The average molecular weight is 481 g/mol. The van der Waals surface area contributed by atoms with Crippen molar-refractivity contribution >= 4 is 33.1 Å². The number of nitrogens with one attached hydrogen (secondary N) is 2. The quantitative estimate of drug-likeness (QED) is 0.393. The molecule has 8 heteroatoms. The van der Waals surface area contributed by atoms with Gasteiger partial charge in [0.25, 0.3) is 10.0 Å². The first-order chi connectivity index (χ1) is 16.2. The number of sulfonamides is 1. The van der Waals surface area contributed by atoms with Crippen LogP contribution in [-0.4, -0.2) is 26.7 Å². The van der Waals surface area contributed by atoms with Gasteiger partial charge in [0.05, 0.1) is 11.5 Å². The molecule has 0 unspecified atom stereocenters. The smallest absolute Gasteiger partial charge is 0.261 e. The van der Waals surface area contributed by atoms with E-state index in [2.05, 4.69) is 10.0 Å². The number of benzene rings is 3. The summed E-state index contributed by atoms with van der Waals surface area (Å²) in [6.07, 6.45) is 0.00969. The zero-order valence-corrected chi connectivity index (χ0v) is 20.2. The van der Waals surface area contributed by atoms with E-state index in [-0.39, 0.29) is 29.4 Å². The number of ketones is 1. The van der Waals surface area contributed by atoms with Gasteiger partial charge in [0.2, 0.25) is 5.91 Å². The van der Waals surface area contributed by atoms with Gasteiger partial charge < -0.3 is 10.1 Å². The van der Waals surface area contributed by atoms with Crippen LogP contribution in [0, 0.1) is 13.8 Å². The Labute approximate surface area is 200 Å². The lowest BCUT2D eigenvalue weighted by molar-refractivity contribution is -0.116. The number of Topliss-reactive ketones (excluding diaryl/α,β-unsaturated/α-hetero) is 1. The molecule has 2 N–H and O–H groups in total. The minimum absolute atomic E-state index is 0.0238. The van der Waals surface area contributed by atoms with Crippen LogP contribution in [0.15, 0.2) is 71.6 Å². The first kappa shape index (κ1) is 25.0. The summed E-state index contributed by atoms with van der Waals surface area (Å²) >= 11 is 0. The molecule has 0 atom stereocenters. The lowest BCUT2D eigenvalue weighted by Gasteiger charge is -2.13. The van der Waals surface area contributed by atoms with E-state index in [1.807, 2.05) is 19.9 Å². The van der Waals surface area contributed by atoms with Gasteiger partial charge in [-0.15, -0.1) is 0 Å². The molecule has 0 aromatic heterocycles. The van der Waals surface area contributed by atoms with Crippen LogP contribution in [-0.2, 0) is 14.8 Å². The SMILES string of the molecule is CCOc1ccc(C(=O)CCC(=O)Nc2cc(S(=O)(=O)Nc3cccc(C)c3)ccc2C)cc1. The predicted molar refractivity (Wildman–Crippen MR) is 133 cm³/mol. The highest BCUT2D eigenvalue weighted by molar-refractivity contribution is 7.92. The van der Waals surface area contributed by atoms with Crippen molar-refractivity contribution < 1.29 is 22.7 Å². The van der Waals surface area contributed by atoms with Crippen molar-refractivity contribution in [3.63, 3.8) is 0 Å². The van der Waals surface area contributed by atoms with Crippen LogP contribution < -0.4 is 14.8 Å². The van der Waals surface area contributed by atoms with E-state index >= 15 is 0 Å². The number of hydrogen-bond donors (Lipinski definition) is 2. The summed E-state index contributed by atoms with van der Waals surface area (Å²) in [7, 11) is -3.84. The Bertz CT molecular complexity index is 1280. The molecule has 34 heavy (non-hydrogen) atoms. The van der Waals surface area contributed by atoms with E-state index in [9.17, 15) is 18.0 Å². The number of carbonyl (C=O) groups is 2. The minimum atomic E-state index is -3.84. The normalized spacial score (nSPS) is 11.0. The molecule has 0 aliphatic carbocycles. The maximum atomic E-state index is 12.8. The van der Waals surface area contributed by atoms with Gasteiger partial charge in [-0.05, 0) is 80.4 Å². The molecule has 0 fully saturated rings. The van der Waals surface area contributed by atoms with Crippen LogP contribution >= 0.6 is 0 Å². The molecule has 0 bridgehead atoms. The predicted octanol–water partition coefficient (Wildman–Crippen LogP) is 5.10. The second-order valence-corrected chi connectivity index (χ2v) is 9.56. The van der Waals surface area contributed by atoms with Gasteiger partial charge in [-0.1, -0.05) is 18.2 Å². The number of hydrogen-bond acceptors (Lipinski definition) is 5. The number of rotatable bonds is 10. The van der Waals surface area contributed by atoms with E-state index in [0.717, 1.165) is 5.56 Å². The first-order valence-corrected chi connectivity index (χ1v) is 12.4. The molecule has 3 rings (SSSR count). The van der Waals surface area contributed by atoms with Crippen LogP contribution in [0.3, 0.4) is 0 Å². The molecule has 0 aliphatic heterocycles. The molecule has 0 radical (unpaired) electrons. The minimum Gasteiger partial charge on any atom is -0.494 e. The van der Waals surface area contributed by atoms with E-state index < -0.39 is 10.0 Å². The number of amides is 1. The Kier molecular flexibility index (Phi) is 8.07. The highest BCUT2D eigenvalue weighted by atomic mass is 32.2. The molecule has 0 heterocycles. The summed E-state index contributed by atoms with van der Waals surface area (Å²) in [6, 6.07) is 18.4. The number of ether oxygens (including phenoxy) is 1. The molecule has 0 saturated heterocycles. The Morgan fingerprint density at radius 3 is 2.32 bits per heavy atom. The molecule has 1 amide bonds. The van der Waals surface area contributed by atoms with Crippen molar-refractivity contribution in [3.05, 3.63) is 83.4 Å². The summed E-state index contributed by atoms with van der Waals surface area (Å²) < 4.78 is 33.6. The summed E-state index contributed by atoms with van der Waals surface area (Å²) in [4.78, 5) is 24.9. The highest BCUT2D eigenvalue weighted by Gasteiger charge is 2.17. The molecular formula is C26H28N2O5S. The van der Waals surface area contributed by atoms with Crippen molar-refractivity contribution in [2.24, 2.45) is 0 Å². The summed E-state index contributed by atoms with van der Waals surface area (Å²) in [5.41, 5.74) is 2.98. The Balaban J connectivity index is 1.64. The van der Waals surface area contributed by atoms with Crippen molar-refractivity contribution in [3.8, 4) is 5.75 Å². The van der Waals surface area contributed by atoms with Crippen LogP contribution in [0.4, 0.5) is 11.4 Å². The maximum Gasteiger partial charge on any atom is 0.261 e. The van der Waals surface area contributed by atoms with Gasteiger partial charge in [-0.2, -0.15) is 0 Å². The third-order valence-corrected chi connectivity index (χ3v) is 6.51. The molecule has 0 saturated carbocycles. The van der Waals surface area contributed by atoms with E-state index in [0.29, 0.717) is 34.9 Å². The molecule has 0 spiro atoms. The lowest BCUT2D eigenvalue weighted by Crippen LogP contribution is -2.16. The third kappa shape index (κ3) is 6.68. The molecule has 3 aromatic rings. The van der Waals surface area contributed by atoms with Crippen molar-refractivity contribution in [1.29, 1.82) is 0 Å². The monoisotopic (exact) mass is 480 g/mol. The van der Waals surface area contributed by atoms with Gasteiger partial charge in [0, 0.05) is 29.8 Å². The summed E-state index contributed by atoms with van der Waals surface area (Å²) in [5, 5.41) is 2.72. The van der Waals surface area contributed by atoms with Gasteiger partial charge in [-0.25, -0.2) is 8.42 Å². The molecular weight excluding hydrogens is 452 g/mol. The van der Waals surface area contributed by atoms with Crippen LogP contribution in [0.5, 0.6) is 5.75 Å². The lowest BCUT2D eigenvalue weighted by atomic mass is 10.1. The number of aryl methyl sites for hydroxylation is 2. The van der Waals surface area contributed by atoms with Crippen LogP contribution in [0.25, 0.3) is 0 Å². The average Bonchev–Trinajstić information content (AvgIpc) is 2.79. The van der Waals surface area contributed by atoms with Crippen molar-refractivity contribution in [1.82, 2.24) is 0 Å². The van der Waals surface area contributed by atoms with Crippen molar-refractivity contribution in [2.75, 3.05) is 16.6 Å². The van der Waals surface area contributed by atoms with E-state index in [1.165, 1.54) is 12.1 Å². The van der Waals surface area contributed by atoms with Crippen molar-refractivity contribution in [2.45, 2.75) is 38.5 Å². The highest BCUT2D eigenvalue weighted by Crippen LogP contribution is 2.23. The number of carbonyl (C=O) groups excluding carboxylic acids is 2. The van der Waals surface area contributed by atoms with Gasteiger partial charge in [-0.3, -0.25) is 14.3 Å². The zero-order valence-electron chi connectivity index (χ0n) is 19.4. The molecule has 0 aliphatic rings.